The average Bonchev–Trinajstić information content (AvgIpc) is 2.59. The van der Waals surface area contributed by atoms with Crippen molar-refractivity contribution in [2.45, 2.75) is 25.3 Å². The molecule has 2 N–H and O–H groups in total. The third-order valence-corrected chi connectivity index (χ3v) is 3.05. The first-order valence-corrected chi connectivity index (χ1v) is 5.17. The topological polar surface area (TPSA) is 55.6 Å². The maximum Gasteiger partial charge on any atom is 0.309 e. The average molecular weight is 200 g/mol. The van der Waals surface area contributed by atoms with Crippen LogP contribution < -0.4 is 5.73 Å². The number of ether oxygens (including phenoxy) is 1. The van der Waals surface area contributed by atoms with Crippen molar-refractivity contribution >= 4 is 5.97 Å². The summed E-state index contributed by atoms with van der Waals surface area (Å²) in [7, 11) is 3.52. The summed E-state index contributed by atoms with van der Waals surface area (Å²) in [5, 5.41) is 0. The SMILES string of the molecule is COC(=O)C(CN)CC1CCCN1C. The van der Waals surface area contributed by atoms with Crippen LogP contribution in [0.5, 0.6) is 0 Å². The minimum absolute atomic E-state index is 0.134. The molecular formula is C10H20N2O2. The first-order valence-electron chi connectivity index (χ1n) is 5.17. The van der Waals surface area contributed by atoms with Crippen LogP contribution in [0.2, 0.25) is 0 Å². The molecule has 4 heteroatoms. The summed E-state index contributed by atoms with van der Waals surface area (Å²) in [4.78, 5) is 13.6. The Balaban J connectivity index is 2.43. The number of nitrogens with zero attached hydrogens (tertiary/aromatic N) is 1. The fourth-order valence-corrected chi connectivity index (χ4v) is 2.06. The lowest BCUT2D eigenvalue weighted by atomic mass is 9.98. The normalized spacial score (nSPS) is 24.9. The maximum atomic E-state index is 11.3. The van der Waals surface area contributed by atoms with E-state index in [1.807, 2.05) is 0 Å². The van der Waals surface area contributed by atoms with Gasteiger partial charge in [-0.2, -0.15) is 0 Å². The van der Waals surface area contributed by atoms with Crippen LogP contribution in [0.3, 0.4) is 0 Å². The van der Waals surface area contributed by atoms with E-state index >= 15 is 0 Å². The Morgan fingerprint density at radius 2 is 2.43 bits per heavy atom. The van der Waals surface area contributed by atoms with Gasteiger partial charge in [0.15, 0.2) is 0 Å². The summed E-state index contributed by atoms with van der Waals surface area (Å²) in [6, 6.07) is 0.502. The van der Waals surface area contributed by atoms with Crippen molar-refractivity contribution in [3.8, 4) is 0 Å². The highest BCUT2D eigenvalue weighted by Crippen LogP contribution is 2.21. The number of rotatable bonds is 4. The molecular weight excluding hydrogens is 180 g/mol. The number of carbonyl (C=O) groups excluding carboxylic acids is 1. The number of hydrogen-bond donors (Lipinski definition) is 1. The summed E-state index contributed by atoms with van der Waals surface area (Å²) in [5.41, 5.74) is 5.55. The van der Waals surface area contributed by atoms with Crippen LogP contribution in [0, 0.1) is 5.92 Å². The Morgan fingerprint density at radius 1 is 1.71 bits per heavy atom. The molecule has 0 saturated carbocycles. The van der Waals surface area contributed by atoms with Gasteiger partial charge in [0, 0.05) is 12.6 Å². The van der Waals surface area contributed by atoms with Crippen LogP contribution in [-0.2, 0) is 9.53 Å². The largest absolute Gasteiger partial charge is 0.469 e. The van der Waals surface area contributed by atoms with Crippen molar-refractivity contribution in [2.75, 3.05) is 27.2 Å². The van der Waals surface area contributed by atoms with Crippen LogP contribution in [0.1, 0.15) is 19.3 Å². The number of esters is 1. The molecule has 0 spiro atoms. The zero-order valence-electron chi connectivity index (χ0n) is 9.03. The molecule has 0 aromatic carbocycles. The maximum absolute atomic E-state index is 11.3. The van der Waals surface area contributed by atoms with Crippen LogP contribution in [-0.4, -0.2) is 44.2 Å². The summed E-state index contributed by atoms with van der Waals surface area (Å²) < 4.78 is 4.71. The molecule has 2 atom stereocenters. The fraction of sp³-hybridized carbons (Fsp3) is 0.900. The molecule has 0 amide bonds. The molecule has 1 aliphatic heterocycles. The fourth-order valence-electron chi connectivity index (χ4n) is 2.06. The Kier molecular flexibility index (Phi) is 4.35. The van der Waals surface area contributed by atoms with E-state index < -0.39 is 0 Å². The molecule has 0 bridgehead atoms. The molecule has 0 aliphatic carbocycles. The summed E-state index contributed by atoms with van der Waals surface area (Å²) in [5.74, 6) is -0.307. The molecule has 0 aromatic rings. The number of carbonyl (C=O) groups is 1. The Labute approximate surface area is 85.4 Å². The molecule has 0 aromatic heterocycles. The Hall–Kier alpha value is -0.610. The minimum atomic E-state index is -0.173. The summed E-state index contributed by atoms with van der Waals surface area (Å²) >= 11 is 0. The van der Waals surface area contributed by atoms with Gasteiger partial charge in [0.1, 0.15) is 0 Å². The second kappa shape index (κ2) is 5.32. The van der Waals surface area contributed by atoms with E-state index in [-0.39, 0.29) is 11.9 Å². The number of hydrogen-bond acceptors (Lipinski definition) is 4. The second-order valence-corrected chi connectivity index (χ2v) is 3.97. The van der Waals surface area contributed by atoms with E-state index in [0.29, 0.717) is 12.6 Å². The zero-order chi connectivity index (χ0) is 10.6. The molecule has 82 valence electrons. The molecule has 1 rings (SSSR count). The zero-order valence-corrected chi connectivity index (χ0v) is 9.03. The highest BCUT2D eigenvalue weighted by atomic mass is 16.5. The van der Waals surface area contributed by atoms with Gasteiger partial charge in [-0.25, -0.2) is 0 Å². The van der Waals surface area contributed by atoms with E-state index in [9.17, 15) is 4.79 Å². The van der Waals surface area contributed by atoms with Gasteiger partial charge in [-0.3, -0.25) is 4.79 Å². The highest BCUT2D eigenvalue weighted by Gasteiger charge is 2.27. The predicted octanol–water partition coefficient (Wildman–Crippen LogP) is 0.219. The van der Waals surface area contributed by atoms with Gasteiger partial charge in [-0.05, 0) is 32.9 Å². The van der Waals surface area contributed by atoms with E-state index in [1.165, 1.54) is 20.0 Å². The lowest BCUT2D eigenvalue weighted by molar-refractivity contribution is -0.145. The van der Waals surface area contributed by atoms with Crippen molar-refractivity contribution in [2.24, 2.45) is 11.7 Å². The van der Waals surface area contributed by atoms with Gasteiger partial charge in [0.2, 0.25) is 0 Å². The van der Waals surface area contributed by atoms with E-state index in [4.69, 9.17) is 10.5 Å². The molecule has 14 heavy (non-hydrogen) atoms. The van der Waals surface area contributed by atoms with Crippen molar-refractivity contribution < 1.29 is 9.53 Å². The number of methoxy groups -OCH3 is 1. The molecule has 1 heterocycles. The third kappa shape index (κ3) is 2.69. The van der Waals surface area contributed by atoms with Crippen molar-refractivity contribution in [1.82, 2.24) is 4.90 Å². The highest BCUT2D eigenvalue weighted by molar-refractivity contribution is 5.72. The monoisotopic (exact) mass is 200 g/mol. The van der Waals surface area contributed by atoms with Crippen LogP contribution >= 0.6 is 0 Å². The summed E-state index contributed by atoms with van der Waals surface area (Å²) in [6.07, 6.45) is 3.23. The lowest BCUT2D eigenvalue weighted by Gasteiger charge is -2.22. The second-order valence-electron chi connectivity index (χ2n) is 3.97. The van der Waals surface area contributed by atoms with Crippen molar-refractivity contribution in [1.29, 1.82) is 0 Å². The van der Waals surface area contributed by atoms with Crippen LogP contribution in [0.25, 0.3) is 0 Å². The molecule has 1 saturated heterocycles. The summed E-state index contributed by atoms with van der Waals surface area (Å²) in [6.45, 7) is 1.51. The number of likely N-dealkylation sites (tertiary alicyclic amines) is 1. The van der Waals surface area contributed by atoms with E-state index in [0.717, 1.165) is 13.0 Å². The molecule has 1 fully saturated rings. The molecule has 0 radical (unpaired) electrons. The lowest BCUT2D eigenvalue weighted by Crippen LogP contribution is -2.33. The predicted molar refractivity (Wildman–Crippen MR) is 54.8 cm³/mol. The van der Waals surface area contributed by atoms with Gasteiger partial charge in [0.05, 0.1) is 13.0 Å². The van der Waals surface area contributed by atoms with Crippen molar-refractivity contribution in [3.63, 3.8) is 0 Å². The van der Waals surface area contributed by atoms with Gasteiger partial charge in [0.25, 0.3) is 0 Å². The van der Waals surface area contributed by atoms with E-state index in [1.54, 1.807) is 0 Å². The van der Waals surface area contributed by atoms with Crippen LogP contribution in [0.4, 0.5) is 0 Å². The van der Waals surface area contributed by atoms with Gasteiger partial charge in [-0.1, -0.05) is 0 Å². The number of nitrogens with two attached hydrogens (primary N) is 1. The standard InChI is InChI=1S/C10H20N2O2/c1-12-5-3-4-9(12)6-8(7-11)10(13)14-2/h8-9H,3-7,11H2,1-2H3. The third-order valence-electron chi connectivity index (χ3n) is 3.05. The molecule has 2 unspecified atom stereocenters. The Bertz CT molecular complexity index is 197. The van der Waals surface area contributed by atoms with Gasteiger partial charge in [-0.15, -0.1) is 0 Å². The first kappa shape index (κ1) is 11.5. The Morgan fingerprint density at radius 3 is 2.86 bits per heavy atom. The van der Waals surface area contributed by atoms with Crippen LogP contribution in [0.15, 0.2) is 0 Å². The minimum Gasteiger partial charge on any atom is -0.469 e. The smallest absolute Gasteiger partial charge is 0.309 e. The van der Waals surface area contributed by atoms with Crippen molar-refractivity contribution in [3.05, 3.63) is 0 Å². The molecule has 4 nitrogen and oxygen atoms in total. The first-order chi connectivity index (χ1) is 6.69. The van der Waals surface area contributed by atoms with E-state index in [2.05, 4.69) is 11.9 Å². The van der Waals surface area contributed by atoms with Gasteiger partial charge >= 0.3 is 5.97 Å². The van der Waals surface area contributed by atoms with Gasteiger partial charge < -0.3 is 15.4 Å². The quantitative estimate of drug-likeness (QED) is 0.659. The molecule has 1 aliphatic rings.